The van der Waals surface area contributed by atoms with Crippen molar-refractivity contribution in [3.05, 3.63) is 71.9 Å². The highest BCUT2D eigenvalue weighted by atomic mass is 32.1. The van der Waals surface area contributed by atoms with E-state index in [4.69, 9.17) is 4.98 Å². The monoisotopic (exact) mass is 626 g/mol. The van der Waals surface area contributed by atoms with Crippen LogP contribution < -0.4 is 10.6 Å². The van der Waals surface area contributed by atoms with Crippen LogP contribution in [0.4, 0.5) is 24.9 Å². The van der Waals surface area contributed by atoms with Crippen LogP contribution >= 0.6 is 11.3 Å². The number of nitrogens with zero attached hydrogens (tertiary/aromatic N) is 6. The van der Waals surface area contributed by atoms with Gasteiger partial charge in [-0.05, 0) is 50.1 Å². The highest BCUT2D eigenvalue weighted by Crippen LogP contribution is 2.40. The van der Waals surface area contributed by atoms with Crippen LogP contribution in [-0.2, 0) is 0 Å². The SMILES string of the molecule is Cc1nc(N[C@H](c2ccc(-n3cccn3)cc2)C(F)(F)F)nc(N[C@@H]2C[C@H](CO)[C@@H](O)[C@H]2O)c1-c1nc2c(C)nccc2s1. The normalized spacial score (nSPS) is 21.1. The number of rotatable bonds is 8. The molecule has 1 aliphatic rings. The average molecular weight is 627 g/mol. The Kier molecular flexibility index (Phi) is 7.96. The number of halogens is 3. The predicted molar refractivity (Wildman–Crippen MR) is 159 cm³/mol. The van der Waals surface area contributed by atoms with E-state index in [0.717, 1.165) is 4.70 Å². The standard InChI is InChI=1S/C29H29F3N8O3S/c1-14-21(27-37-22-15(2)33-10-8-20(22)44-27)26(36-19-12-17(13-41)23(42)24(19)43)39-28(35-14)38-25(29(30,31)32)16-4-6-18(7-5-16)40-11-3-9-34-40/h3-11,17,19,23-25,41-43H,12-13H2,1-2H3,(H2,35,36,38,39)/t17-,19-,23-,24+,25-/m1/s1. The van der Waals surface area contributed by atoms with Crippen LogP contribution in [-0.4, -0.2) is 76.1 Å². The molecule has 4 heterocycles. The number of anilines is 2. The number of aryl methyl sites for hydroxylation is 2. The molecule has 15 heteroatoms. The van der Waals surface area contributed by atoms with Gasteiger partial charge in [0.05, 0.1) is 39.5 Å². The minimum absolute atomic E-state index is 0.0532. The molecule has 6 rings (SSSR count). The topological polar surface area (TPSA) is 154 Å². The van der Waals surface area contributed by atoms with Crippen LogP contribution in [0, 0.1) is 19.8 Å². The Labute approximate surface area is 253 Å². The van der Waals surface area contributed by atoms with Crippen LogP contribution in [0.3, 0.4) is 0 Å². The molecule has 1 aliphatic carbocycles. The lowest BCUT2D eigenvalue weighted by Crippen LogP contribution is -2.36. The molecule has 5 aromatic rings. The van der Waals surface area contributed by atoms with Crippen molar-refractivity contribution < 1.29 is 28.5 Å². The number of aliphatic hydroxyl groups is 3. The molecule has 0 spiro atoms. The third-order valence-corrected chi connectivity index (χ3v) is 8.79. The van der Waals surface area contributed by atoms with Gasteiger partial charge < -0.3 is 26.0 Å². The Balaban J connectivity index is 1.40. The summed E-state index contributed by atoms with van der Waals surface area (Å²) in [5, 5.41) is 41.0. The summed E-state index contributed by atoms with van der Waals surface area (Å²) in [6, 6.07) is 6.46. The summed E-state index contributed by atoms with van der Waals surface area (Å²) in [7, 11) is 0. The first-order chi connectivity index (χ1) is 21.0. The Morgan fingerprint density at radius 1 is 1.02 bits per heavy atom. The van der Waals surface area contributed by atoms with Gasteiger partial charge in [0.2, 0.25) is 5.95 Å². The molecule has 5 N–H and O–H groups in total. The third-order valence-electron chi connectivity index (χ3n) is 7.75. The highest BCUT2D eigenvalue weighted by molar-refractivity contribution is 7.21. The number of alkyl halides is 3. The molecule has 44 heavy (non-hydrogen) atoms. The summed E-state index contributed by atoms with van der Waals surface area (Å²) >= 11 is 1.35. The van der Waals surface area contributed by atoms with Crippen molar-refractivity contribution in [2.45, 2.75) is 50.7 Å². The van der Waals surface area contributed by atoms with E-state index in [1.807, 2.05) is 13.0 Å². The van der Waals surface area contributed by atoms with E-state index in [-0.39, 0.29) is 30.4 Å². The minimum atomic E-state index is -4.70. The van der Waals surface area contributed by atoms with Gasteiger partial charge in [0, 0.05) is 31.1 Å². The molecule has 11 nitrogen and oxygen atoms in total. The van der Waals surface area contributed by atoms with Crippen molar-refractivity contribution in [1.29, 1.82) is 0 Å². The second-order valence-corrected chi connectivity index (χ2v) is 11.7. The lowest BCUT2D eigenvalue weighted by Gasteiger charge is -2.24. The zero-order valence-corrected chi connectivity index (χ0v) is 24.4. The molecule has 1 aromatic carbocycles. The number of nitrogens with one attached hydrogen (secondary N) is 2. The number of pyridine rings is 1. The van der Waals surface area contributed by atoms with Crippen molar-refractivity contribution >= 4 is 33.3 Å². The fourth-order valence-corrected chi connectivity index (χ4v) is 6.55. The van der Waals surface area contributed by atoms with Crippen molar-refractivity contribution in [2.24, 2.45) is 5.92 Å². The quantitative estimate of drug-likeness (QED) is 0.170. The largest absolute Gasteiger partial charge is 0.412 e. The molecular weight excluding hydrogens is 597 g/mol. The maximum Gasteiger partial charge on any atom is 0.412 e. The highest BCUT2D eigenvalue weighted by Gasteiger charge is 2.43. The summed E-state index contributed by atoms with van der Waals surface area (Å²) in [5.41, 5.74) is 2.72. The molecule has 4 aromatic heterocycles. The van der Waals surface area contributed by atoms with E-state index in [0.29, 0.717) is 33.2 Å². The predicted octanol–water partition coefficient (Wildman–Crippen LogP) is 4.18. The Morgan fingerprint density at radius 3 is 2.43 bits per heavy atom. The van der Waals surface area contributed by atoms with E-state index >= 15 is 0 Å². The molecule has 0 aliphatic heterocycles. The molecule has 0 amide bonds. The number of benzene rings is 1. The lowest BCUT2D eigenvalue weighted by molar-refractivity contribution is -0.144. The van der Waals surface area contributed by atoms with Gasteiger partial charge in [-0.2, -0.15) is 23.3 Å². The minimum Gasteiger partial charge on any atom is -0.396 e. The maximum absolute atomic E-state index is 14.4. The van der Waals surface area contributed by atoms with E-state index < -0.39 is 36.4 Å². The van der Waals surface area contributed by atoms with Crippen LogP contribution in [0.25, 0.3) is 26.5 Å². The average Bonchev–Trinajstić information content (AvgIpc) is 3.73. The first-order valence-corrected chi connectivity index (χ1v) is 14.6. The van der Waals surface area contributed by atoms with Gasteiger partial charge in [0.15, 0.2) is 6.04 Å². The number of thiazole rings is 1. The maximum atomic E-state index is 14.4. The Morgan fingerprint density at radius 2 is 1.80 bits per heavy atom. The number of hydrogen-bond acceptors (Lipinski definition) is 11. The van der Waals surface area contributed by atoms with E-state index in [1.165, 1.54) is 28.2 Å². The molecule has 0 radical (unpaired) electrons. The first-order valence-electron chi connectivity index (χ1n) is 13.8. The van der Waals surface area contributed by atoms with E-state index in [9.17, 15) is 28.5 Å². The third kappa shape index (κ3) is 5.70. The Hall–Kier alpha value is -4.18. The van der Waals surface area contributed by atoms with Crippen LogP contribution in [0.15, 0.2) is 55.0 Å². The van der Waals surface area contributed by atoms with E-state index in [2.05, 4.69) is 30.7 Å². The second kappa shape index (κ2) is 11.7. The molecule has 5 atom stereocenters. The van der Waals surface area contributed by atoms with E-state index in [1.54, 1.807) is 43.7 Å². The number of aromatic nitrogens is 6. The molecule has 230 valence electrons. The molecule has 0 bridgehead atoms. The van der Waals surface area contributed by atoms with Crippen molar-refractivity contribution in [2.75, 3.05) is 17.2 Å². The second-order valence-electron chi connectivity index (χ2n) is 10.7. The van der Waals surface area contributed by atoms with Gasteiger partial charge in [-0.3, -0.25) is 4.98 Å². The van der Waals surface area contributed by atoms with Crippen molar-refractivity contribution in [3.63, 3.8) is 0 Å². The summed E-state index contributed by atoms with van der Waals surface area (Å²) in [6.45, 7) is 3.13. The first kappa shape index (κ1) is 29.9. The fourth-order valence-electron chi connectivity index (χ4n) is 5.44. The van der Waals surface area contributed by atoms with Gasteiger partial charge in [-0.15, -0.1) is 11.3 Å². The van der Waals surface area contributed by atoms with Crippen molar-refractivity contribution in [1.82, 2.24) is 29.7 Å². The summed E-state index contributed by atoms with van der Waals surface area (Å²) in [6.07, 6.45) is -1.99. The smallest absolute Gasteiger partial charge is 0.396 e. The molecular formula is C29H29F3N8O3S. The van der Waals surface area contributed by atoms with Gasteiger partial charge in [-0.1, -0.05) is 12.1 Å². The number of aliphatic hydroxyl groups excluding tert-OH is 3. The summed E-state index contributed by atoms with van der Waals surface area (Å²) in [4.78, 5) is 17.9. The zero-order chi connectivity index (χ0) is 31.2. The molecule has 1 saturated carbocycles. The zero-order valence-electron chi connectivity index (χ0n) is 23.6. The van der Waals surface area contributed by atoms with Crippen LogP contribution in [0.1, 0.15) is 29.4 Å². The Bertz CT molecular complexity index is 1760. The van der Waals surface area contributed by atoms with Gasteiger partial charge in [0.1, 0.15) is 22.4 Å². The number of hydrogen-bond donors (Lipinski definition) is 5. The van der Waals surface area contributed by atoms with Crippen molar-refractivity contribution in [3.8, 4) is 16.3 Å². The molecule has 1 fully saturated rings. The molecule has 0 unspecified atom stereocenters. The summed E-state index contributed by atoms with van der Waals surface area (Å²) < 4.78 is 45.7. The van der Waals surface area contributed by atoms with Gasteiger partial charge in [0.25, 0.3) is 0 Å². The summed E-state index contributed by atoms with van der Waals surface area (Å²) in [5.74, 6) is -0.741. The van der Waals surface area contributed by atoms with Gasteiger partial charge in [-0.25, -0.2) is 14.6 Å². The lowest BCUT2D eigenvalue weighted by atomic mass is 10.1. The van der Waals surface area contributed by atoms with Crippen LogP contribution in [0.5, 0.6) is 0 Å². The van der Waals surface area contributed by atoms with Crippen LogP contribution in [0.2, 0.25) is 0 Å². The fraction of sp³-hybridized carbons (Fsp3) is 0.345. The van der Waals surface area contributed by atoms with Gasteiger partial charge >= 0.3 is 6.18 Å². The number of fused-ring (bicyclic) bond motifs is 1. The molecule has 0 saturated heterocycles.